The topological polar surface area (TPSA) is 12.5 Å². The number of hydrogen-bond acceptors (Lipinski definition) is 2. The first kappa shape index (κ1) is 12.5. The molecular weight excluding hydrogens is 254 g/mol. The van der Waals surface area contributed by atoms with Gasteiger partial charge in [0.1, 0.15) is 5.75 Å². The Morgan fingerprint density at radius 1 is 1.27 bits per heavy atom. The molecule has 84 valence electrons. The summed E-state index contributed by atoms with van der Waals surface area (Å²) in [6.45, 7) is 6.86. The third-order valence-electron chi connectivity index (χ3n) is 2.12. The second-order valence-corrected chi connectivity index (χ2v) is 4.40. The zero-order valence-corrected chi connectivity index (χ0v) is 11.0. The molecule has 0 saturated carbocycles. The van der Waals surface area contributed by atoms with E-state index in [1.54, 1.807) is 0 Å². The Bertz CT molecular complexity index is 291. The fourth-order valence-electron chi connectivity index (χ4n) is 1.28. The second-order valence-electron chi connectivity index (χ2n) is 3.39. The molecule has 0 aromatic heterocycles. The van der Waals surface area contributed by atoms with Gasteiger partial charge in [0, 0.05) is 34.8 Å². The molecule has 0 atom stereocenters. The van der Waals surface area contributed by atoms with Gasteiger partial charge in [-0.15, -0.1) is 0 Å². The van der Waals surface area contributed by atoms with Gasteiger partial charge in [-0.05, 0) is 12.5 Å². The van der Waals surface area contributed by atoms with Crippen LogP contribution in [-0.2, 0) is 6.54 Å². The molecule has 0 radical (unpaired) electrons. The van der Waals surface area contributed by atoms with E-state index in [1.165, 1.54) is 5.56 Å². The minimum Gasteiger partial charge on any atom is -0.493 e. The molecule has 0 fully saturated rings. The van der Waals surface area contributed by atoms with Gasteiger partial charge in [-0.1, -0.05) is 32.0 Å². The van der Waals surface area contributed by atoms with Crippen LogP contribution in [0.25, 0.3) is 0 Å². The fraction of sp³-hybridized carbons (Fsp3) is 0.500. The number of ether oxygens (including phenoxy) is 1. The lowest BCUT2D eigenvalue weighted by atomic mass is 10.2. The van der Waals surface area contributed by atoms with Gasteiger partial charge in [0.15, 0.2) is 0 Å². The van der Waals surface area contributed by atoms with Crippen LogP contribution in [0.5, 0.6) is 5.75 Å². The highest BCUT2D eigenvalue weighted by Gasteiger charge is 2.05. The van der Waals surface area contributed by atoms with Gasteiger partial charge in [-0.3, -0.25) is 0 Å². The summed E-state index contributed by atoms with van der Waals surface area (Å²) in [5.74, 6) is 0.997. The van der Waals surface area contributed by atoms with Gasteiger partial charge in [0.05, 0.1) is 6.61 Å². The fourth-order valence-corrected chi connectivity index (χ4v) is 1.55. The molecule has 1 aromatic rings. The Morgan fingerprint density at radius 2 is 2.00 bits per heavy atom. The van der Waals surface area contributed by atoms with Crippen molar-refractivity contribution in [2.24, 2.45) is 0 Å². The van der Waals surface area contributed by atoms with Crippen molar-refractivity contribution in [2.45, 2.75) is 26.8 Å². The minimum absolute atomic E-state index is 0.783. The zero-order valence-electron chi connectivity index (χ0n) is 9.37. The molecule has 0 spiro atoms. The monoisotopic (exact) mass is 271 g/mol. The first-order valence-electron chi connectivity index (χ1n) is 5.39. The number of halogens is 1. The lowest BCUT2D eigenvalue weighted by molar-refractivity contribution is 0.311. The standard InChI is InChI=1S/C12H18BrNO/c1-3-9-15-12-8-6-5-7-11(12)10-14(13)4-2/h5-8H,3-4,9-10H2,1-2H3. The Balaban J connectivity index is 2.67. The van der Waals surface area contributed by atoms with Crippen LogP contribution in [0.3, 0.4) is 0 Å². The van der Waals surface area contributed by atoms with Crippen molar-refractivity contribution in [3.63, 3.8) is 0 Å². The summed E-state index contributed by atoms with van der Waals surface area (Å²) in [5.41, 5.74) is 1.23. The Kier molecular flexibility index (Phi) is 5.73. The van der Waals surface area contributed by atoms with Gasteiger partial charge in [-0.25, -0.2) is 3.93 Å². The van der Waals surface area contributed by atoms with Crippen LogP contribution in [0.1, 0.15) is 25.8 Å². The third kappa shape index (κ3) is 4.22. The van der Waals surface area contributed by atoms with Crippen LogP contribution in [0.2, 0.25) is 0 Å². The summed E-state index contributed by atoms with van der Waals surface area (Å²) in [4.78, 5) is 0. The highest BCUT2D eigenvalue weighted by Crippen LogP contribution is 2.21. The van der Waals surface area contributed by atoms with Crippen molar-refractivity contribution in [2.75, 3.05) is 13.2 Å². The van der Waals surface area contributed by atoms with Crippen molar-refractivity contribution >= 4 is 16.1 Å². The smallest absolute Gasteiger partial charge is 0.123 e. The van der Waals surface area contributed by atoms with Crippen molar-refractivity contribution in [1.29, 1.82) is 0 Å². The maximum atomic E-state index is 5.68. The molecule has 0 saturated heterocycles. The van der Waals surface area contributed by atoms with Crippen molar-refractivity contribution < 1.29 is 4.74 Å². The van der Waals surface area contributed by atoms with E-state index in [2.05, 4.69) is 40.0 Å². The van der Waals surface area contributed by atoms with Gasteiger partial charge in [-0.2, -0.15) is 0 Å². The summed E-state index contributed by atoms with van der Waals surface area (Å²) >= 11 is 3.49. The Morgan fingerprint density at radius 3 is 2.67 bits per heavy atom. The van der Waals surface area contributed by atoms with E-state index >= 15 is 0 Å². The Labute approximate surface area is 101 Å². The van der Waals surface area contributed by atoms with E-state index in [4.69, 9.17) is 4.74 Å². The second kappa shape index (κ2) is 6.85. The zero-order chi connectivity index (χ0) is 11.1. The molecule has 0 aliphatic heterocycles. The number of benzene rings is 1. The molecule has 1 rings (SSSR count). The molecule has 0 unspecified atom stereocenters. The molecule has 0 aliphatic carbocycles. The maximum Gasteiger partial charge on any atom is 0.123 e. The van der Waals surface area contributed by atoms with Crippen molar-refractivity contribution in [1.82, 2.24) is 3.93 Å². The summed E-state index contributed by atoms with van der Waals surface area (Å²) in [6.07, 6.45) is 1.04. The first-order valence-corrected chi connectivity index (χ1v) is 6.10. The summed E-state index contributed by atoms with van der Waals surface area (Å²) < 4.78 is 7.77. The molecule has 2 nitrogen and oxygen atoms in total. The van der Waals surface area contributed by atoms with E-state index in [9.17, 15) is 0 Å². The van der Waals surface area contributed by atoms with Crippen LogP contribution in [-0.4, -0.2) is 17.1 Å². The van der Waals surface area contributed by atoms with E-state index in [1.807, 2.05) is 18.2 Å². The molecule has 0 N–H and O–H groups in total. The van der Waals surface area contributed by atoms with E-state index in [0.29, 0.717) is 0 Å². The summed E-state index contributed by atoms with van der Waals surface area (Å²) in [7, 11) is 0. The lowest BCUT2D eigenvalue weighted by Crippen LogP contribution is -2.11. The van der Waals surface area contributed by atoms with Gasteiger partial charge in [0.2, 0.25) is 0 Å². The number of para-hydroxylation sites is 1. The molecule has 15 heavy (non-hydrogen) atoms. The molecule has 1 aromatic carbocycles. The first-order chi connectivity index (χ1) is 7.27. The molecule has 0 heterocycles. The SMILES string of the molecule is CCCOc1ccccc1CN(Br)CC. The number of nitrogens with zero attached hydrogens (tertiary/aromatic N) is 1. The van der Waals surface area contributed by atoms with Crippen LogP contribution >= 0.6 is 16.1 Å². The quantitative estimate of drug-likeness (QED) is 0.733. The molecule has 0 bridgehead atoms. The van der Waals surface area contributed by atoms with E-state index in [0.717, 1.165) is 31.9 Å². The minimum atomic E-state index is 0.783. The Hall–Kier alpha value is -0.540. The highest BCUT2D eigenvalue weighted by atomic mass is 79.9. The van der Waals surface area contributed by atoms with Crippen LogP contribution in [0.4, 0.5) is 0 Å². The summed E-state index contributed by atoms with van der Waals surface area (Å²) in [5, 5.41) is 0. The van der Waals surface area contributed by atoms with E-state index in [-0.39, 0.29) is 0 Å². The summed E-state index contributed by atoms with van der Waals surface area (Å²) in [6, 6.07) is 8.19. The predicted molar refractivity (Wildman–Crippen MR) is 67.2 cm³/mol. The van der Waals surface area contributed by atoms with Gasteiger partial charge in [0.25, 0.3) is 0 Å². The average molecular weight is 272 g/mol. The molecular formula is C12H18BrNO. The highest BCUT2D eigenvalue weighted by molar-refractivity contribution is 9.07. The van der Waals surface area contributed by atoms with Gasteiger partial charge >= 0.3 is 0 Å². The molecule has 0 aliphatic rings. The predicted octanol–water partition coefficient (Wildman–Crippen LogP) is 3.61. The largest absolute Gasteiger partial charge is 0.493 e. The average Bonchev–Trinajstić information content (AvgIpc) is 2.28. The van der Waals surface area contributed by atoms with Crippen LogP contribution in [0, 0.1) is 0 Å². The molecule has 3 heteroatoms. The van der Waals surface area contributed by atoms with Crippen molar-refractivity contribution in [3.05, 3.63) is 29.8 Å². The van der Waals surface area contributed by atoms with Gasteiger partial charge < -0.3 is 4.74 Å². The third-order valence-corrected chi connectivity index (χ3v) is 2.87. The van der Waals surface area contributed by atoms with E-state index < -0.39 is 0 Å². The number of rotatable bonds is 6. The number of hydrogen-bond donors (Lipinski definition) is 0. The van der Waals surface area contributed by atoms with Crippen LogP contribution in [0.15, 0.2) is 24.3 Å². The van der Waals surface area contributed by atoms with Crippen molar-refractivity contribution in [3.8, 4) is 5.75 Å². The maximum absolute atomic E-state index is 5.68. The normalized spacial score (nSPS) is 10.7. The lowest BCUT2D eigenvalue weighted by Gasteiger charge is -2.15. The van der Waals surface area contributed by atoms with Crippen LogP contribution < -0.4 is 4.74 Å². The molecule has 0 amide bonds.